The van der Waals surface area contributed by atoms with Crippen molar-refractivity contribution in [2.45, 2.75) is 26.8 Å². The smallest absolute Gasteiger partial charge is 0.0672 e. The van der Waals surface area contributed by atoms with Gasteiger partial charge in [0.1, 0.15) is 0 Å². The molecule has 3 heteroatoms. The van der Waals surface area contributed by atoms with E-state index < -0.39 is 0 Å². The van der Waals surface area contributed by atoms with E-state index in [1.54, 1.807) is 0 Å². The second-order valence-electron chi connectivity index (χ2n) is 4.40. The molecule has 2 nitrogen and oxygen atoms in total. The topological polar surface area (TPSA) is 27.0 Å². The van der Waals surface area contributed by atoms with Crippen molar-refractivity contribution in [2.24, 2.45) is 11.8 Å². The molecule has 0 aromatic carbocycles. The van der Waals surface area contributed by atoms with E-state index in [0.717, 1.165) is 13.1 Å². The van der Waals surface area contributed by atoms with Crippen LogP contribution in [0, 0.1) is 23.2 Å². The van der Waals surface area contributed by atoms with E-state index in [1.807, 2.05) is 11.8 Å². The first kappa shape index (κ1) is 11.9. The van der Waals surface area contributed by atoms with Crippen molar-refractivity contribution in [3.63, 3.8) is 0 Å². The number of hydrogen-bond donors (Lipinski definition) is 0. The third-order valence-electron chi connectivity index (χ3n) is 2.91. The predicted octanol–water partition coefficient (Wildman–Crippen LogP) is 2.22. The third-order valence-corrected chi connectivity index (χ3v) is 4.10. The predicted molar refractivity (Wildman–Crippen MR) is 62.3 cm³/mol. The first-order chi connectivity index (χ1) is 6.65. The lowest BCUT2D eigenvalue weighted by molar-refractivity contribution is 0.195. The molecule has 1 aliphatic rings. The maximum absolute atomic E-state index is 9.03. The van der Waals surface area contributed by atoms with Crippen LogP contribution in [0.5, 0.6) is 0 Å². The molecule has 14 heavy (non-hydrogen) atoms. The van der Waals surface area contributed by atoms with Crippen molar-refractivity contribution in [3.8, 4) is 6.07 Å². The van der Waals surface area contributed by atoms with E-state index in [1.165, 1.54) is 11.5 Å². The van der Waals surface area contributed by atoms with Crippen molar-refractivity contribution in [1.29, 1.82) is 5.26 Å². The van der Waals surface area contributed by atoms with Crippen LogP contribution in [0.1, 0.15) is 20.8 Å². The molecule has 1 heterocycles. The zero-order chi connectivity index (χ0) is 10.6. The summed E-state index contributed by atoms with van der Waals surface area (Å²) in [6.07, 6.45) is 0. The Morgan fingerprint density at radius 3 is 2.79 bits per heavy atom. The zero-order valence-electron chi connectivity index (χ0n) is 9.36. The number of hydrogen-bond acceptors (Lipinski definition) is 3. The molecule has 0 bridgehead atoms. The Labute approximate surface area is 91.7 Å². The number of nitrogens with zero attached hydrogens (tertiary/aromatic N) is 2. The number of thioether (sulfide) groups is 1. The van der Waals surface area contributed by atoms with Crippen LogP contribution < -0.4 is 0 Å². The molecule has 0 amide bonds. The molecule has 0 radical (unpaired) electrons. The van der Waals surface area contributed by atoms with Gasteiger partial charge in [0.15, 0.2) is 0 Å². The number of rotatable bonds is 3. The van der Waals surface area contributed by atoms with E-state index >= 15 is 0 Å². The standard InChI is InChI=1S/C11H20N2S/c1-9(2)11(6-12)7-13-4-5-14-8-10(13)3/h9-11H,4-5,7-8H2,1-3H3. The summed E-state index contributed by atoms with van der Waals surface area (Å²) in [5, 5.41) is 9.03. The Morgan fingerprint density at radius 2 is 2.29 bits per heavy atom. The van der Waals surface area contributed by atoms with Gasteiger partial charge in [-0.1, -0.05) is 13.8 Å². The van der Waals surface area contributed by atoms with E-state index in [9.17, 15) is 0 Å². The van der Waals surface area contributed by atoms with Crippen LogP contribution in [-0.2, 0) is 0 Å². The van der Waals surface area contributed by atoms with Crippen LogP contribution >= 0.6 is 11.8 Å². The minimum Gasteiger partial charge on any atom is -0.298 e. The van der Waals surface area contributed by atoms with Crippen molar-refractivity contribution in [3.05, 3.63) is 0 Å². The summed E-state index contributed by atoms with van der Waals surface area (Å²) in [7, 11) is 0. The summed E-state index contributed by atoms with van der Waals surface area (Å²) in [4.78, 5) is 2.46. The van der Waals surface area contributed by atoms with Gasteiger partial charge in [0, 0.05) is 30.6 Å². The molecule has 0 aliphatic carbocycles. The average Bonchev–Trinajstić information content (AvgIpc) is 2.16. The molecule has 1 rings (SSSR count). The van der Waals surface area contributed by atoms with Gasteiger partial charge in [-0.05, 0) is 12.8 Å². The van der Waals surface area contributed by atoms with E-state index in [4.69, 9.17) is 5.26 Å². The molecule has 1 fully saturated rings. The van der Waals surface area contributed by atoms with Gasteiger partial charge in [-0.2, -0.15) is 17.0 Å². The fourth-order valence-corrected chi connectivity index (χ4v) is 2.77. The summed E-state index contributed by atoms with van der Waals surface area (Å²) in [5.41, 5.74) is 0. The minimum atomic E-state index is 0.195. The van der Waals surface area contributed by atoms with E-state index in [2.05, 4.69) is 31.7 Å². The summed E-state index contributed by atoms with van der Waals surface area (Å²) in [5.74, 6) is 3.11. The summed E-state index contributed by atoms with van der Waals surface area (Å²) in [6.45, 7) is 8.64. The second-order valence-corrected chi connectivity index (χ2v) is 5.55. The lowest BCUT2D eigenvalue weighted by Gasteiger charge is -2.34. The molecule has 0 spiro atoms. The Kier molecular flexibility index (Phi) is 4.77. The number of nitriles is 1. The fourth-order valence-electron chi connectivity index (χ4n) is 1.69. The highest BCUT2D eigenvalue weighted by molar-refractivity contribution is 7.99. The fraction of sp³-hybridized carbons (Fsp3) is 0.909. The molecule has 1 aliphatic heterocycles. The molecule has 0 aromatic heterocycles. The highest BCUT2D eigenvalue weighted by Crippen LogP contribution is 2.19. The normalized spacial score (nSPS) is 26.1. The molecular formula is C11H20N2S. The Balaban J connectivity index is 2.45. The van der Waals surface area contributed by atoms with Crippen molar-refractivity contribution in [1.82, 2.24) is 4.90 Å². The maximum Gasteiger partial charge on any atom is 0.0672 e. The van der Waals surface area contributed by atoms with E-state index in [-0.39, 0.29) is 5.92 Å². The first-order valence-electron chi connectivity index (χ1n) is 5.36. The van der Waals surface area contributed by atoms with E-state index in [0.29, 0.717) is 12.0 Å². The van der Waals surface area contributed by atoms with Crippen LogP contribution in [0.3, 0.4) is 0 Å². The molecular weight excluding hydrogens is 192 g/mol. The highest BCUT2D eigenvalue weighted by Gasteiger charge is 2.23. The Bertz CT molecular complexity index is 210. The molecule has 2 unspecified atom stereocenters. The molecule has 0 aromatic rings. The van der Waals surface area contributed by atoms with Gasteiger partial charge in [-0.3, -0.25) is 4.90 Å². The van der Waals surface area contributed by atoms with Gasteiger partial charge < -0.3 is 0 Å². The monoisotopic (exact) mass is 212 g/mol. The molecule has 2 atom stereocenters. The van der Waals surface area contributed by atoms with Gasteiger partial charge in [-0.15, -0.1) is 0 Å². The lowest BCUT2D eigenvalue weighted by Crippen LogP contribution is -2.43. The van der Waals surface area contributed by atoms with Crippen LogP contribution in [0.25, 0.3) is 0 Å². The first-order valence-corrected chi connectivity index (χ1v) is 6.52. The molecule has 0 N–H and O–H groups in total. The van der Waals surface area contributed by atoms with Crippen LogP contribution in [0.2, 0.25) is 0 Å². The van der Waals surface area contributed by atoms with Crippen LogP contribution in [-0.4, -0.2) is 35.5 Å². The quantitative estimate of drug-likeness (QED) is 0.718. The largest absolute Gasteiger partial charge is 0.298 e. The summed E-state index contributed by atoms with van der Waals surface area (Å²) < 4.78 is 0. The molecule has 80 valence electrons. The SMILES string of the molecule is CC(C)C(C#N)CN1CCSCC1C. The minimum absolute atomic E-state index is 0.195. The maximum atomic E-state index is 9.03. The Hall–Kier alpha value is -0.200. The third kappa shape index (κ3) is 3.18. The van der Waals surface area contributed by atoms with Crippen molar-refractivity contribution >= 4 is 11.8 Å². The van der Waals surface area contributed by atoms with Crippen molar-refractivity contribution < 1.29 is 0 Å². The molecule has 0 saturated carbocycles. The van der Waals surface area contributed by atoms with Gasteiger partial charge in [0.25, 0.3) is 0 Å². The molecule has 1 saturated heterocycles. The summed E-state index contributed by atoms with van der Waals surface area (Å²) in [6, 6.07) is 3.06. The second kappa shape index (κ2) is 5.63. The lowest BCUT2D eigenvalue weighted by atomic mass is 9.96. The van der Waals surface area contributed by atoms with Crippen LogP contribution in [0.4, 0.5) is 0 Å². The van der Waals surface area contributed by atoms with Gasteiger partial charge >= 0.3 is 0 Å². The highest BCUT2D eigenvalue weighted by atomic mass is 32.2. The average molecular weight is 212 g/mol. The zero-order valence-corrected chi connectivity index (χ0v) is 10.2. The van der Waals surface area contributed by atoms with Gasteiger partial charge in [-0.25, -0.2) is 0 Å². The Morgan fingerprint density at radius 1 is 1.57 bits per heavy atom. The van der Waals surface area contributed by atoms with Gasteiger partial charge in [0.05, 0.1) is 12.0 Å². The van der Waals surface area contributed by atoms with Gasteiger partial charge in [0.2, 0.25) is 0 Å². The summed E-state index contributed by atoms with van der Waals surface area (Å²) >= 11 is 2.03. The van der Waals surface area contributed by atoms with Crippen molar-refractivity contribution in [2.75, 3.05) is 24.6 Å². The van der Waals surface area contributed by atoms with Crippen LogP contribution in [0.15, 0.2) is 0 Å².